The van der Waals surface area contributed by atoms with E-state index >= 15 is 0 Å². The molecule has 11 atom stereocenters. The first-order valence-electron chi connectivity index (χ1n) is 14.7. The molecule has 0 radical (unpaired) electrons. The highest BCUT2D eigenvalue weighted by Crippen LogP contribution is 2.72. The number of ether oxygens (including phenoxy) is 2. The van der Waals surface area contributed by atoms with Gasteiger partial charge in [-0.25, -0.2) is 0 Å². The molecule has 0 unspecified atom stereocenters. The molecule has 2 saturated carbocycles. The van der Waals surface area contributed by atoms with Crippen LogP contribution in [0.2, 0.25) is 0 Å². The molecule has 222 valence electrons. The number of aliphatic hydroxyl groups is 3. The van der Waals surface area contributed by atoms with Gasteiger partial charge >= 0.3 is 5.97 Å². The second kappa shape index (κ2) is 9.06. The monoisotopic (exact) mass is 558 g/mol. The van der Waals surface area contributed by atoms with Crippen LogP contribution < -0.4 is 0 Å². The average molecular weight is 559 g/mol. The molecule has 0 aromatic rings. The number of fused-ring (bicyclic) bond motifs is 5. The Hall–Kier alpha value is -1.87. The minimum atomic E-state index is -1.36. The van der Waals surface area contributed by atoms with E-state index in [9.17, 15) is 29.7 Å². The van der Waals surface area contributed by atoms with Gasteiger partial charge in [0.25, 0.3) is 0 Å². The van der Waals surface area contributed by atoms with Crippen LogP contribution in [0.3, 0.4) is 0 Å². The van der Waals surface area contributed by atoms with Crippen molar-refractivity contribution in [1.82, 2.24) is 0 Å². The summed E-state index contributed by atoms with van der Waals surface area (Å²) >= 11 is 0. The Labute approximate surface area is 237 Å². The Kier molecular flexibility index (Phi) is 6.71. The van der Waals surface area contributed by atoms with Gasteiger partial charge in [-0.3, -0.25) is 14.4 Å². The Morgan fingerprint density at radius 3 is 2.33 bits per heavy atom. The standard InChI is InChI=1S/C32H46O8/c1-16(33)39-27-17(13-19(34)26(38)29(4,5)40-27)18-9-10-21-31(18,7)15-20(35)25-30(6)12-11-23(36)28(2,3)22(30)14-24(37)32(21,25)8/h10-12,17-18,20,22,24-27,35,37-38H,9,13-15H2,1-8H3/t17-,18+,20-,22+,24-,25-,26+,27-,30+,31+,32-/m1/s1. The molecular weight excluding hydrogens is 512 g/mol. The molecule has 3 N–H and O–H groups in total. The van der Waals surface area contributed by atoms with E-state index in [4.69, 9.17) is 9.47 Å². The van der Waals surface area contributed by atoms with Gasteiger partial charge in [-0.15, -0.1) is 0 Å². The van der Waals surface area contributed by atoms with E-state index in [1.54, 1.807) is 19.9 Å². The number of hydrogen-bond donors (Lipinski definition) is 3. The van der Waals surface area contributed by atoms with Crippen LogP contribution >= 0.6 is 0 Å². The zero-order valence-electron chi connectivity index (χ0n) is 25.1. The number of aliphatic hydroxyl groups excluding tert-OH is 3. The smallest absolute Gasteiger partial charge is 0.304 e. The summed E-state index contributed by atoms with van der Waals surface area (Å²) < 4.78 is 11.8. The van der Waals surface area contributed by atoms with Crippen molar-refractivity contribution in [2.24, 2.45) is 45.3 Å². The zero-order valence-corrected chi connectivity index (χ0v) is 25.1. The maximum atomic E-state index is 13.2. The largest absolute Gasteiger partial charge is 0.436 e. The molecular formula is C32H46O8. The van der Waals surface area contributed by atoms with Crippen molar-refractivity contribution in [3.8, 4) is 0 Å². The number of Topliss-reactive ketones (excluding diaryl/α,β-unsaturated/α-hetero) is 1. The topological polar surface area (TPSA) is 130 Å². The lowest BCUT2D eigenvalue weighted by molar-refractivity contribution is -0.241. The first-order valence-corrected chi connectivity index (χ1v) is 14.7. The predicted molar refractivity (Wildman–Crippen MR) is 147 cm³/mol. The van der Waals surface area contributed by atoms with Crippen molar-refractivity contribution in [2.45, 2.75) is 111 Å². The number of carbonyl (C=O) groups is 3. The van der Waals surface area contributed by atoms with Gasteiger partial charge in [0.05, 0.1) is 17.8 Å². The van der Waals surface area contributed by atoms with Crippen LogP contribution in [0.4, 0.5) is 0 Å². The van der Waals surface area contributed by atoms with E-state index in [-0.39, 0.29) is 35.7 Å². The lowest BCUT2D eigenvalue weighted by Gasteiger charge is -2.67. The van der Waals surface area contributed by atoms with Crippen molar-refractivity contribution in [3.05, 3.63) is 23.8 Å². The van der Waals surface area contributed by atoms with Crippen LogP contribution in [0.15, 0.2) is 23.8 Å². The van der Waals surface area contributed by atoms with Crippen molar-refractivity contribution in [3.63, 3.8) is 0 Å². The molecule has 5 aliphatic rings. The minimum absolute atomic E-state index is 0.0263. The molecule has 1 aliphatic heterocycles. The highest BCUT2D eigenvalue weighted by Gasteiger charge is 2.70. The SMILES string of the molecule is CC(=O)O[C@@H]1OC(C)(C)[C@@H](O)C(=O)C[C@@H]1[C@@H]1CC=C2[C@]3(C)[C@H](O)C[C@H]4C(C)(C)C(=O)C=C[C@]4(C)[C@H]3[C@H](O)C[C@]21C. The van der Waals surface area contributed by atoms with E-state index in [1.807, 2.05) is 26.8 Å². The molecule has 8 nitrogen and oxygen atoms in total. The predicted octanol–water partition coefficient (Wildman–Crippen LogP) is 3.51. The van der Waals surface area contributed by atoms with Crippen molar-refractivity contribution >= 4 is 17.5 Å². The summed E-state index contributed by atoms with van der Waals surface area (Å²) in [7, 11) is 0. The Morgan fingerprint density at radius 2 is 1.70 bits per heavy atom. The Balaban J connectivity index is 1.57. The van der Waals surface area contributed by atoms with Gasteiger partial charge in [0.1, 0.15) is 6.10 Å². The summed E-state index contributed by atoms with van der Waals surface area (Å²) in [6, 6.07) is 0. The van der Waals surface area contributed by atoms with E-state index in [1.165, 1.54) is 6.92 Å². The van der Waals surface area contributed by atoms with Crippen LogP contribution in [0.25, 0.3) is 0 Å². The molecule has 5 rings (SSSR count). The molecule has 0 spiro atoms. The average Bonchev–Trinajstić information content (AvgIpc) is 3.14. The molecule has 8 heteroatoms. The molecule has 0 amide bonds. The molecule has 0 aromatic carbocycles. The lowest BCUT2D eigenvalue weighted by Crippen LogP contribution is -2.67. The lowest BCUT2D eigenvalue weighted by atomic mass is 9.37. The fourth-order valence-electron chi connectivity index (χ4n) is 10.0. The molecule has 4 aliphatic carbocycles. The van der Waals surface area contributed by atoms with Crippen LogP contribution in [0.5, 0.6) is 0 Å². The normalized spacial score (nSPS) is 49.3. The third-order valence-corrected chi connectivity index (χ3v) is 11.9. The fourth-order valence-corrected chi connectivity index (χ4v) is 10.0. The van der Waals surface area contributed by atoms with E-state index in [2.05, 4.69) is 19.9 Å². The Morgan fingerprint density at radius 1 is 1.05 bits per heavy atom. The van der Waals surface area contributed by atoms with Gasteiger partial charge in [0.15, 0.2) is 11.6 Å². The van der Waals surface area contributed by atoms with Gasteiger partial charge < -0.3 is 24.8 Å². The summed E-state index contributed by atoms with van der Waals surface area (Å²) in [6.07, 6.45) is 3.15. The summed E-state index contributed by atoms with van der Waals surface area (Å²) in [5, 5.41) is 34.7. The molecule has 0 aromatic heterocycles. The van der Waals surface area contributed by atoms with Gasteiger partial charge in [-0.1, -0.05) is 52.3 Å². The maximum Gasteiger partial charge on any atom is 0.304 e. The number of hydrogen-bond acceptors (Lipinski definition) is 8. The van der Waals surface area contributed by atoms with Crippen LogP contribution in [-0.4, -0.2) is 63.1 Å². The second-order valence-corrected chi connectivity index (χ2v) is 14.9. The van der Waals surface area contributed by atoms with E-state index in [0.29, 0.717) is 19.3 Å². The maximum absolute atomic E-state index is 13.2. The number of carbonyl (C=O) groups excluding carboxylic acids is 3. The summed E-state index contributed by atoms with van der Waals surface area (Å²) in [6.45, 7) is 14.6. The fraction of sp³-hybridized carbons (Fsp3) is 0.781. The molecule has 1 heterocycles. The van der Waals surface area contributed by atoms with Crippen LogP contribution in [0.1, 0.15) is 81.1 Å². The molecule has 3 fully saturated rings. The third kappa shape index (κ3) is 3.89. The second-order valence-electron chi connectivity index (χ2n) is 14.9. The number of rotatable bonds is 2. The quantitative estimate of drug-likeness (QED) is 0.347. The highest BCUT2D eigenvalue weighted by molar-refractivity contribution is 5.95. The van der Waals surface area contributed by atoms with Gasteiger partial charge in [0.2, 0.25) is 6.29 Å². The van der Waals surface area contributed by atoms with E-state index < -0.39 is 63.8 Å². The molecule has 1 saturated heterocycles. The number of allylic oxidation sites excluding steroid dienone is 3. The first-order chi connectivity index (χ1) is 18.3. The number of ketones is 2. The number of esters is 1. The summed E-state index contributed by atoms with van der Waals surface area (Å²) in [4.78, 5) is 38.2. The highest BCUT2D eigenvalue weighted by atomic mass is 16.7. The third-order valence-electron chi connectivity index (χ3n) is 11.9. The van der Waals surface area contributed by atoms with Gasteiger partial charge in [-0.05, 0) is 61.9 Å². The van der Waals surface area contributed by atoms with E-state index in [0.717, 1.165) is 5.57 Å². The first kappa shape index (κ1) is 29.6. The van der Waals surface area contributed by atoms with Crippen molar-refractivity contribution in [1.29, 1.82) is 0 Å². The van der Waals surface area contributed by atoms with Crippen molar-refractivity contribution in [2.75, 3.05) is 0 Å². The van der Waals surface area contributed by atoms with Crippen LogP contribution in [0, 0.1) is 45.3 Å². The van der Waals surface area contributed by atoms with Crippen molar-refractivity contribution < 1.29 is 39.2 Å². The van der Waals surface area contributed by atoms with Gasteiger partial charge in [-0.2, -0.15) is 0 Å². The summed E-state index contributed by atoms with van der Waals surface area (Å²) in [5.74, 6) is -2.10. The molecule has 40 heavy (non-hydrogen) atoms. The minimum Gasteiger partial charge on any atom is -0.436 e. The molecule has 0 bridgehead atoms. The van der Waals surface area contributed by atoms with Gasteiger partial charge in [0, 0.05) is 36.0 Å². The Bertz CT molecular complexity index is 1180. The zero-order chi connectivity index (χ0) is 29.8. The summed E-state index contributed by atoms with van der Waals surface area (Å²) in [5.41, 5.74) is -2.77. The van der Waals surface area contributed by atoms with Crippen LogP contribution in [-0.2, 0) is 23.9 Å².